The maximum absolute atomic E-state index is 11.3. The van der Waals surface area contributed by atoms with Gasteiger partial charge in [0, 0.05) is 24.7 Å². The summed E-state index contributed by atoms with van der Waals surface area (Å²) in [5.74, 6) is -1.43. The number of carboxylic acid groups (broad SMARTS) is 1. The minimum Gasteiger partial charge on any atom is -0.478 e. The molecule has 1 saturated heterocycles. The fraction of sp³-hybridized carbons (Fsp3) is 0.636. The number of carbonyl (C=O) groups excluding carboxylic acids is 1. The summed E-state index contributed by atoms with van der Waals surface area (Å²) in [5, 5.41) is 11.2. The Bertz CT molecular complexity index is 289. The first kappa shape index (κ1) is 12.7. The maximum Gasteiger partial charge on any atom is 0.328 e. The van der Waals surface area contributed by atoms with E-state index in [4.69, 9.17) is 5.11 Å². The number of nitrogens with zero attached hydrogens (tertiary/aromatic N) is 1. The van der Waals surface area contributed by atoms with Gasteiger partial charge < -0.3 is 15.3 Å². The molecule has 16 heavy (non-hydrogen) atoms. The van der Waals surface area contributed by atoms with Crippen LogP contribution in [0.2, 0.25) is 0 Å². The summed E-state index contributed by atoms with van der Waals surface area (Å²) in [6.45, 7) is 5.00. The molecule has 0 saturated carbocycles. The Hall–Kier alpha value is -1.36. The molecule has 5 heteroatoms. The van der Waals surface area contributed by atoms with Gasteiger partial charge in [-0.3, -0.25) is 4.79 Å². The monoisotopic (exact) mass is 226 g/mol. The molecule has 1 unspecified atom stereocenters. The second-order valence-corrected chi connectivity index (χ2v) is 3.91. The smallest absolute Gasteiger partial charge is 0.328 e. The van der Waals surface area contributed by atoms with E-state index >= 15 is 0 Å². The highest BCUT2D eigenvalue weighted by atomic mass is 16.4. The standard InChI is InChI=1S/C11H18N2O3/c1-2-13-7-3-4-9(8-13)12-10(14)5-6-11(15)16/h5-6,9H,2-4,7-8H2,1H3,(H,12,14)(H,15,16). The molecule has 1 aliphatic rings. The highest BCUT2D eigenvalue weighted by molar-refractivity contribution is 5.93. The fourth-order valence-electron chi connectivity index (χ4n) is 1.86. The van der Waals surface area contributed by atoms with Gasteiger partial charge in [0.25, 0.3) is 0 Å². The molecule has 0 aromatic heterocycles. The topological polar surface area (TPSA) is 69.6 Å². The molecule has 90 valence electrons. The Morgan fingerprint density at radius 1 is 1.50 bits per heavy atom. The molecule has 0 radical (unpaired) electrons. The number of likely N-dealkylation sites (N-methyl/N-ethyl adjacent to an activating group) is 1. The Balaban J connectivity index is 2.36. The lowest BCUT2D eigenvalue weighted by molar-refractivity contribution is -0.131. The first-order chi connectivity index (χ1) is 7.61. The molecule has 0 bridgehead atoms. The van der Waals surface area contributed by atoms with E-state index in [2.05, 4.69) is 17.1 Å². The second kappa shape index (κ2) is 6.27. The van der Waals surface area contributed by atoms with Crippen LogP contribution in [0.3, 0.4) is 0 Å². The van der Waals surface area contributed by atoms with Gasteiger partial charge in [0.1, 0.15) is 0 Å². The maximum atomic E-state index is 11.3. The van der Waals surface area contributed by atoms with Crippen molar-refractivity contribution in [2.24, 2.45) is 0 Å². The van der Waals surface area contributed by atoms with E-state index in [1.165, 1.54) is 0 Å². The van der Waals surface area contributed by atoms with Crippen molar-refractivity contribution >= 4 is 11.9 Å². The number of carbonyl (C=O) groups is 2. The number of aliphatic carboxylic acids is 1. The predicted molar refractivity (Wildman–Crippen MR) is 60.1 cm³/mol. The molecule has 1 fully saturated rings. The first-order valence-corrected chi connectivity index (χ1v) is 5.55. The van der Waals surface area contributed by atoms with Crippen LogP contribution in [-0.4, -0.2) is 47.6 Å². The Morgan fingerprint density at radius 2 is 2.25 bits per heavy atom. The third-order valence-electron chi connectivity index (χ3n) is 2.68. The average Bonchev–Trinajstić information content (AvgIpc) is 2.26. The molecular weight excluding hydrogens is 208 g/mol. The van der Waals surface area contributed by atoms with Crippen LogP contribution in [0, 0.1) is 0 Å². The first-order valence-electron chi connectivity index (χ1n) is 5.55. The van der Waals surface area contributed by atoms with Gasteiger partial charge >= 0.3 is 5.97 Å². The number of piperidine rings is 1. The second-order valence-electron chi connectivity index (χ2n) is 3.91. The van der Waals surface area contributed by atoms with Gasteiger partial charge in [-0.2, -0.15) is 0 Å². The van der Waals surface area contributed by atoms with Gasteiger partial charge in [0.15, 0.2) is 0 Å². The van der Waals surface area contributed by atoms with Crippen molar-refractivity contribution in [2.45, 2.75) is 25.8 Å². The lowest BCUT2D eigenvalue weighted by Gasteiger charge is -2.31. The molecule has 1 amide bonds. The molecular formula is C11H18N2O3. The molecule has 2 N–H and O–H groups in total. The zero-order valence-corrected chi connectivity index (χ0v) is 9.48. The van der Waals surface area contributed by atoms with E-state index in [1.807, 2.05) is 0 Å². The number of rotatable bonds is 4. The minimum atomic E-state index is -1.10. The van der Waals surface area contributed by atoms with Crippen LogP contribution in [0.4, 0.5) is 0 Å². The van der Waals surface area contributed by atoms with Crippen LogP contribution >= 0.6 is 0 Å². The van der Waals surface area contributed by atoms with Crippen molar-refractivity contribution in [3.05, 3.63) is 12.2 Å². The normalized spacial score (nSPS) is 22.2. The van der Waals surface area contributed by atoms with Crippen LogP contribution in [0.1, 0.15) is 19.8 Å². The lowest BCUT2D eigenvalue weighted by Crippen LogP contribution is -2.47. The summed E-state index contributed by atoms with van der Waals surface area (Å²) in [4.78, 5) is 23.8. The number of likely N-dealkylation sites (tertiary alicyclic amines) is 1. The fourth-order valence-corrected chi connectivity index (χ4v) is 1.86. The minimum absolute atomic E-state index is 0.139. The third kappa shape index (κ3) is 4.44. The molecule has 1 aliphatic heterocycles. The van der Waals surface area contributed by atoms with E-state index in [1.54, 1.807) is 0 Å². The number of hydrogen-bond acceptors (Lipinski definition) is 3. The summed E-state index contributed by atoms with van der Waals surface area (Å²) >= 11 is 0. The van der Waals surface area contributed by atoms with Crippen LogP contribution < -0.4 is 5.32 Å². The van der Waals surface area contributed by atoms with Crippen molar-refractivity contribution < 1.29 is 14.7 Å². The highest BCUT2D eigenvalue weighted by Crippen LogP contribution is 2.09. The number of carboxylic acids is 1. The van der Waals surface area contributed by atoms with Gasteiger partial charge in [-0.05, 0) is 25.9 Å². The molecule has 0 spiro atoms. The Morgan fingerprint density at radius 3 is 2.88 bits per heavy atom. The molecule has 0 aromatic carbocycles. The number of amides is 1. The van der Waals surface area contributed by atoms with Gasteiger partial charge in [-0.1, -0.05) is 6.92 Å². The predicted octanol–water partition coefficient (Wildman–Crippen LogP) is 0.228. The molecule has 5 nitrogen and oxygen atoms in total. The van der Waals surface area contributed by atoms with E-state index < -0.39 is 5.97 Å². The summed E-state index contributed by atoms with van der Waals surface area (Å²) in [6.07, 6.45) is 3.95. The van der Waals surface area contributed by atoms with Crippen LogP contribution in [-0.2, 0) is 9.59 Å². The molecule has 1 atom stereocenters. The Labute approximate surface area is 95.1 Å². The summed E-state index contributed by atoms with van der Waals surface area (Å²) in [5.41, 5.74) is 0. The van der Waals surface area contributed by atoms with E-state index in [9.17, 15) is 9.59 Å². The zero-order chi connectivity index (χ0) is 12.0. The summed E-state index contributed by atoms with van der Waals surface area (Å²) in [7, 11) is 0. The van der Waals surface area contributed by atoms with Crippen molar-refractivity contribution in [3.8, 4) is 0 Å². The molecule has 1 heterocycles. The highest BCUT2D eigenvalue weighted by Gasteiger charge is 2.19. The molecule has 1 rings (SSSR count). The van der Waals surface area contributed by atoms with Gasteiger partial charge in [-0.25, -0.2) is 4.79 Å². The van der Waals surface area contributed by atoms with Gasteiger partial charge in [0.05, 0.1) is 0 Å². The van der Waals surface area contributed by atoms with Crippen LogP contribution in [0.25, 0.3) is 0 Å². The van der Waals surface area contributed by atoms with Crippen molar-refractivity contribution in [1.82, 2.24) is 10.2 Å². The summed E-state index contributed by atoms with van der Waals surface area (Å²) in [6, 6.07) is 0.139. The van der Waals surface area contributed by atoms with Crippen LogP contribution in [0.15, 0.2) is 12.2 Å². The SMILES string of the molecule is CCN1CCCC(NC(=O)C=CC(=O)O)C1. The number of nitrogens with one attached hydrogen (secondary N) is 1. The third-order valence-corrected chi connectivity index (χ3v) is 2.68. The van der Waals surface area contributed by atoms with Crippen molar-refractivity contribution in [2.75, 3.05) is 19.6 Å². The summed E-state index contributed by atoms with van der Waals surface area (Å²) < 4.78 is 0. The van der Waals surface area contributed by atoms with Crippen LogP contribution in [0.5, 0.6) is 0 Å². The lowest BCUT2D eigenvalue weighted by atomic mass is 10.1. The molecule has 0 aromatic rings. The van der Waals surface area contributed by atoms with E-state index in [0.717, 1.165) is 44.6 Å². The van der Waals surface area contributed by atoms with Gasteiger partial charge in [0.2, 0.25) is 5.91 Å². The van der Waals surface area contributed by atoms with E-state index in [0.29, 0.717) is 0 Å². The zero-order valence-electron chi connectivity index (χ0n) is 9.48. The molecule has 0 aliphatic carbocycles. The van der Waals surface area contributed by atoms with Crippen molar-refractivity contribution in [1.29, 1.82) is 0 Å². The van der Waals surface area contributed by atoms with Crippen molar-refractivity contribution in [3.63, 3.8) is 0 Å². The van der Waals surface area contributed by atoms with E-state index in [-0.39, 0.29) is 11.9 Å². The largest absolute Gasteiger partial charge is 0.478 e. The quantitative estimate of drug-likeness (QED) is 0.673. The average molecular weight is 226 g/mol. The number of hydrogen-bond donors (Lipinski definition) is 2. The van der Waals surface area contributed by atoms with Gasteiger partial charge in [-0.15, -0.1) is 0 Å². The Kier molecular flexibility index (Phi) is 4.98.